The van der Waals surface area contributed by atoms with E-state index in [-0.39, 0.29) is 5.82 Å². The van der Waals surface area contributed by atoms with Crippen molar-refractivity contribution in [1.29, 1.82) is 0 Å². The van der Waals surface area contributed by atoms with Crippen LogP contribution in [0.3, 0.4) is 0 Å². The third kappa shape index (κ3) is 4.64. The fraction of sp³-hybridized carbons (Fsp3) is 0.188. The summed E-state index contributed by atoms with van der Waals surface area (Å²) >= 11 is 7.21. The smallest absolute Gasteiger partial charge is 0.159 e. The van der Waals surface area contributed by atoms with Gasteiger partial charge in [0.2, 0.25) is 0 Å². The number of thioether (sulfide) groups is 1. The van der Waals surface area contributed by atoms with Gasteiger partial charge in [0, 0.05) is 16.3 Å². The first-order chi connectivity index (χ1) is 10.6. The summed E-state index contributed by atoms with van der Waals surface area (Å²) < 4.78 is 19.0. The Labute approximate surface area is 138 Å². The van der Waals surface area contributed by atoms with Crippen molar-refractivity contribution in [2.24, 2.45) is 10.7 Å². The van der Waals surface area contributed by atoms with E-state index < -0.39 is 0 Å². The van der Waals surface area contributed by atoms with Gasteiger partial charge in [0.05, 0.1) is 12.3 Å². The number of rotatable bonds is 5. The molecular weight excluding hydrogens is 323 g/mol. The lowest BCUT2D eigenvalue weighted by Crippen LogP contribution is -2.06. The van der Waals surface area contributed by atoms with E-state index in [2.05, 4.69) is 4.99 Å². The second kappa shape index (κ2) is 8.06. The van der Waals surface area contributed by atoms with Crippen molar-refractivity contribution < 1.29 is 9.13 Å². The van der Waals surface area contributed by atoms with E-state index in [0.717, 1.165) is 5.75 Å². The van der Waals surface area contributed by atoms with Gasteiger partial charge >= 0.3 is 0 Å². The average Bonchev–Trinajstić information content (AvgIpc) is 2.49. The van der Waals surface area contributed by atoms with E-state index in [1.54, 1.807) is 12.1 Å². The molecule has 116 valence electrons. The highest BCUT2D eigenvalue weighted by Crippen LogP contribution is 2.25. The molecule has 0 aliphatic rings. The molecule has 0 radical (unpaired) electrons. The lowest BCUT2D eigenvalue weighted by Gasteiger charge is -2.06. The van der Waals surface area contributed by atoms with Crippen LogP contribution in [0.15, 0.2) is 47.5 Å². The molecule has 0 atom stereocenters. The highest BCUT2D eigenvalue weighted by Gasteiger charge is 2.08. The number of hydrogen-bond donors (Lipinski definition) is 1. The van der Waals surface area contributed by atoms with E-state index in [0.29, 0.717) is 33.8 Å². The summed E-state index contributed by atoms with van der Waals surface area (Å²) in [4.78, 5) is 4.27. The molecule has 6 heteroatoms. The summed E-state index contributed by atoms with van der Waals surface area (Å²) in [5.74, 6) is 0.775. The summed E-state index contributed by atoms with van der Waals surface area (Å²) in [7, 11) is 0. The predicted octanol–water partition coefficient (Wildman–Crippen LogP) is 4.76. The number of halogens is 2. The van der Waals surface area contributed by atoms with Crippen LogP contribution in [0, 0.1) is 5.82 Å². The first-order valence-corrected chi connectivity index (χ1v) is 8.09. The van der Waals surface area contributed by atoms with Crippen LogP contribution in [-0.4, -0.2) is 11.8 Å². The molecular formula is C16H16ClFN2OS. The minimum absolute atomic E-state index is 0.331. The number of hydrogen-bond acceptors (Lipinski definition) is 3. The fourth-order valence-corrected chi connectivity index (χ4v) is 2.82. The van der Waals surface area contributed by atoms with Crippen LogP contribution in [0.5, 0.6) is 5.75 Å². The molecule has 22 heavy (non-hydrogen) atoms. The maximum atomic E-state index is 13.7. The largest absolute Gasteiger partial charge is 0.494 e. The van der Waals surface area contributed by atoms with Crippen LogP contribution in [0.2, 0.25) is 5.02 Å². The summed E-state index contributed by atoms with van der Waals surface area (Å²) in [6.45, 7) is 2.54. The summed E-state index contributed by atoms with van der Waals surface area (Å²) in [5.41, 5.74) is 7.01. The highest BCUT2D eigenvalue weighted by molar-refractivity contribution is 8.13. The first-order valence-electron chi connectivity index (χ1n) is 6.73. The Morgan fingerprint density at radius 3 is 2.64 bits per heavy atom. The molecule has 0 unspecified atom stereocenters. The second-order valence-corrected chi connectivity index (χ2v) is 5.77. The van der Waals surface area contributed by atoms with Gasteiger partial charge in [-0.1, -0.05) is 29.4 Å². The fourth-order valence-electron chi connectivity index (χ4n) is 1.76. The first kappa shape index (κ1) is 16.6. The maximum absolute atomic E-state index is 13.7. The molecule has 0 amide bonds. The van der Waals surface area contributed by atoms with Gasteiger partial charge in [-0.2, -0.15) is 0 Å². The number of nitrogens with two attached hydrogens (primary N) is 1. The molecule has 0 saturated carbocycles. The number of aliphatic imine (C=N–C) groups is 1. The Morgan fingerprint density at radius 1 is 1.27 bits per heavy atom. The van der Waals surface area contributed by atoms with Gasteiger partial charge in [-0.15, -0.1) is 0 Å². The maximum Gasteiger partial charge on any atom is 0.159 e. The van der Waals surface area contributed by atoms with Crippen molar-refractivity contribution in [3.05, 3.63) is 58.9 Å². The van der Waals surface area contributed by atoms with Gasteiger partial charge < -0.3 is 10.5 Å². The molecule has 0 aliphatic carbocycles. The molecule has 2 rings (SSSR count). The van der Waals surface area contributed by atoms with Gasteiger partial charge in [-0.3, -0.25) is 0 Å². The van der Waals surface area contributed by atoms with E-state index in [9.17, 15) is 4.39 Å². The molecule has 2 aromatic carbocycles. The van der Waals surface area contributed by atoms with Crippen molar-refractivity contribution in [2.45, 2.75) is 12.7 Å². The van der Waals surface area contributed by atoms with Gasteiger partial charge in [0.1, 0.15) is 11.6 Å². The molecule has 2 N–H and O–H groups in total. The van der Waals surface area contributed by atoms with E-state index in [1.807, 2.05) is 31.2 Å². The van der Waals surface area contributed by atoms with Crippen LogP contribution in [-0.2, 0) is 5.75 Å². The quantitative estimate of drug-likeness (QED) is 0.631. The zero-order valence-corrected chi connectivity index (χ0v) is 13.6. The third-order valence-corrected chi connectivity index (χ3v) is 3.99. The van der Waals surface area contributed by atoms with Crippen LogP contribution in [0.1, 0.15) is 12.5 Å². The van der Waals surface area contributed by atoms with Crippen molar-refractivity contribution in [2.75, 3.05) is 6.61 Å². The lowest BCUT2D eigenvalue weighted by molar-refractivity contribution is 0.340. The topological polar surface area (TPSA) is 47.6 Å². The summed E-state index contributed by atoms with van der Waals surface area (Å²) in [6, 6.07) is 11.9. The van der Waals surface area contributed by atoms with Crippen LogP contribution >= 0.6 is 23.4 Å². The third-order valence-electron chi connectivity index (χ3n) is 2.81. The Hall–Kier alpha value is -1.72. The van der Waals surface area contributed by atoms with Crippen molar-refractivity contribution in [3.8, 4) is 5.75 Å². The summed E-state index contributed by atoms with van der Waals surface area (Å²) in [6.07, 6.45) is 0. The Balaban J connectivity index is 2.00. The average molecular weight is 339 g/mol. The monoisotopic (exact) mass is 338 g/mol. The van der Waals surface area contributed by atoms with Gasteiger partial charge in [0.25, 0.3) is 0 Å². The number of benzene rings is 2. The van der Waals surface area contributed by atoms with Crippen LogP contribution < -0.4 is 10.5 Å². The van der Waals surface area contributed by atoms with Gasteiger partial charge in [0.15, 0.2) is 5.17 Å². The van der Waals surface area contributed by atoms with Crippen molar-refractivity contribution in [1.82, 2.24) is 0 Å². The van der Waals surface area contributed by atoms with Crippen molar-refractivity contribution >= 4 is 34.2 Å². The van der Waals surface area contributed by atoms with Crippen molar-refractivity contribution in [3.63, 3.8) is 0 Å². The zero-order valence-electron chi connectivity index (χ0n) is 12.1. The van der Waals surface area contributed by atoms with E-state index in [4.69, 9.17) is 22.1 Å². The minimum Gasteiger partial charge on any atom is -0.494 e. The zero-order chi connectivity index (χ0) is 15.9. The Morgan fingerprint density at radius 2 is 2.00 bits per heavy atom. The second-order valence-electron chi connectivity index (χ2n) is 4.37. The minimum atomic E-state index is -0.339. The number of ether oxygens (including phenoxy) is 1. The normalized spacial score (nSPS) is 11.5. The van der Waals surface area contributed by atoms with E-state index in [1.165, 1.54) is 17.8 Å². The molecule has 0 aromatic heterocycles. The highest BCUT2D eigenvalue weighted by atomic mass is 35.5. The lowest BCUT2D eigenvalue weighted by atomic mass is 10.2. The van der Waals surface area contributed by atoms with Crippen LogP contribution in [0.4, 0.5) is 10.1 Å². The van der Waals surface area contributed by atoms with Gasteiger partial charge in [-0.05, 0) is 43.3 Å². The van der Waals surface area contributed by atoms with Gasteiger partial charge in [-0.25, -0.2) is 9.38 Å². The molecule has 0 saturated heterocycles. The summed E-state index contributed by atoms with van der Waals surface area (Å²) in [5, 5.41) is 0.741. The van der Waals surface area contributed by atoms with Crippen LogP contribution in [0.25, 0.3) is 0 Å². The molecule has 2 aromatic rings. The molecule has 0 spiro atoms. The predicted molar refractivity (Wildman–Crippen MR) is 91.6 cm³/mol. The molecule has 0 fully saturated rings. The Bertz CT molecular complexity index is 641. The standard InChI is InChI=1S/C16H16ClFN2OS/c1-2-21-12-8-6-11(7-9-12)20-16(19)22-10-13-14(17)4-3-5-15(13)18/h3-9H,2,10H2,1H3,(H2,19,20). The molecule has 3 nitrogen and oxygen atoms in total. The molecule has 0 aliphatic heterocycles. The Kier molecular flexibility index (Phi) is 6.10. The number of amidine groups is 1. The van der Waals surface area contributed by atoms with E-state index >= 15 is 0 Å². The molecule has 0 bridgehead atoms. The SMILES string of the molecule is CCOc1ccc(N=C(N)SCc2c(F)cccc2Cl)cc1. The number of nitrogens with zero attached hydrogens (tertiary/aromatic N) is 1. The molecule has 0 heterocycles.